The Morgan fingerprint density at radius 1 is 1.19 bits per heavy atom. The number of carbonyl (C=O) groups is 2. The summed E-state index contributed by atoms with van der Waals surface area (Å²) in [6, 6.07) is 6.98. The van der Waals surface area contributed by atoms with E-state index in [2.05, 4.69) is 20.4 Å². The van der Waals surface area contributed by atoms with E-state index in [4.69, 9.17) is 0 Å². The average Bonchev–Trinajstić information content (AvgIpc) is 2.47. The third-order valence-corrected chi connectivity index (χ3v) is 2.58. The summed E-state index contributed by atoms with van der Waals surface area (Å²) in [6.07, 6.45) is 3.09. The van der Waals surface area contributed by atoms with Crippen molar-refractivity contribution in [1.82, 2.24) is 4.98 Å². The number of hydrogen-bond acceptors (Lipinski definition) is 5. The number of nitrogens with zero attached hydrogens (tertiary/aromatic N) is 1. The largest absolute Gasteiger partial charge is 0.507 e. The van der Waals surface area contributed by atoms with Gasteiger partial charge in [-0.1, -0.05) is 0 Å². The fourth-order valence-electron chi connectivity index (χ4n) is 1.62. The normalized spacial score (nSPS) is 9.76. The minimum absolute atomic E-state index is 0.0238. The highest BCUT2D eigenvalue weighted by molar-refractivity contribution is 6.00. The number of ether oxygens (including phenoxy) is 1. The molecule has 0 saturated heterocycles. The number of nitrogens with one attached hydrogen (secondary N) is 2. The van der Waals surface area contributed by atoms with Crippen LogP contribution in [-0.4, -0.2) is 29.2 Å². The summed E-state index contributed by atoms with van der Waals surface area (Å²) in [4.78, 5) is 26.9. The quantitative estimate of drug-likeness (QED) is 0.751. The Hall–Kier alpha value is -3.09. The lowest BCUT2D eigenvalue weighted by atomic mass is 10.2. The van der Waals surface area contributed by atoms with Crippen LogP contribution in [0.15, 0.2) is 42.7 Å². The Kier molecular flexibility index (Phi) is 4.35. The molecule has 0 spiro atoms. The number of methoxy groups -OCH3 is 1. The summed E-state index contributed by atoms with van der Waals surface area (Å²) in [5, 5.41) is 14.8. The maximum Gasteiger partial charge on any atom is 0.341 e. The lowest BCUT2D eigenvalue weighted by molar-refractivity contribution is 0.0597. The van der Waals surface area contributed by atoms with E-state index in [0.29, 0.717) is 11.4 Å². The van der Waals surface area contributed by atoms with Gasteiger partial charge >= 0.3 is 12.0 Å². The zero-order chi connectivity index (χ0) is 15.2. The average molecular weight is 287 g/mol. The van der Waals surface area contributed by atoms with Crippen LogP contribution >= 0.6 is 0 Å². The van der Waals surface area contributed by atoms with Crippen molar-refractivity contribution in [3.05, 3.63) is 48.3 Å². The Labute approximate surface area is 120 Å². The summed E-state index contributed by atoms with van der Waals surface area (Å²) >= 11 is 0. The molecule has 2 rings (SSSR count). The van der Waals surface area contributed by atoms with E-state index in [1.165, 1.54) is 31.5 Å². The first-order chi connectivity index (χ1) is 10.1. The van der Waals surface area contributed by atoms with Crippen molar-refractivity contribution in [1.29, 1.82) is 0 Å². The molecule has 1 aromatic carbocycles. The molecule has 0 radical (unpaired) electrons. The van der Waals surface area contributed by atoms with Gasteiger partial charge in [-0.05, 0) is 24.3 Å². The van der Waals surface area contributed by atoms with Crippen molar-refractivity contribution in [2.45, 2.75) is 0 Å². The highest BCUT2D eigenvalue weighted by Gasteiger charge is 2.12. The van der Waals surface area contributed by atoms with Crippen molar-refractivity contribution >= 4 is 23.4 Å². The lowest BCUT2D eigenvalue weighted by Gasteiger charge is -2.09. The molecule has 0 bridgehead atoms. The molecule has 0 aliphatic heterocycles. The number of anilines is 2. The number of hydrogen-bond donors (Lipinski definition) is 3. The number of carbonyl (C=O) groups excluding carboxylic acids is 2. The Morgan fingerprint density at radius 2 is 1.95 bits per heavy atom. The number of benzene rings is 1. The van der Waals surface area contributed by atoms with E-state index in [1.807, 2.05) is 0 Å². The zero-order valence-electron chi connectivity index (χ0n) is 11.2. The molecule has 2 amide bonds. The van der Waals surface area contributed by atoms with Crippen LogP contribution in [0.2, 0.25) is 0 Å². The molecule has 7 heteroatoms. The fraction of sp³-hybridized carbons (Fsp3) is 0.0714. The molecular weight excluding hydrogens is 274 g/mol. The molecule has 0 unspecified atom stereocenters. The standard InChI is InChI=1S/C14H13N3O4/c1-21-13(19)11-5-4-9(7-12(11)18)16-14(20)17-10-3-2-6-15-8-10/h2-8,18H,1H3,(H2,16,17,20). The van der Waals surface area contributed by atoms with Crippen LogP contribution in [-0.2, 0) is 4.74 Å². The molecule has 0 atom stereocenters. The highest BCUT2D eigenvalue weighted by Crippen LogP contribution is 2.22. The van der Waals surface area contributed by atoms with Crippen LogP contribution in [0.4, 0.5) is 16.2 Å². The highest BCUT2D eigenvalue weighted by atomic mass is 16.5. The molecular formula is C14H13N3O4. The fourth-order valence-corrected chi connectivity index (χ4v) is 1.62. The van der Waals surface area contributed by atoms with Gasteiger partial charge in [-0.15, -0.1) is 0 Å². The molecule has 1 aromatic heterocycles. The number of aromatic nitrogens is 1. The van der Waals surface area contributed by atoms with E-state index < -0.39 is 12.0 Å². The maximum atomic E-state index is 11.7. The van der Waals surface area contributed by atoms with Crippen LogP contribution < -0.4 is 10.6 Å². The molecule has 0 saturated carbocycles. The van der Waals surface area contributed by atoms with Crippen LogP contribution in [0, 0.1) is 0 Å². The number of aromatic hydroxyl groups is 1. The first-order valence-corrected chi connectivity index (χ1v) is 5.99. The number of amides is 2. The first kappa shape index (κ1) is 14.3. The number of esters is 1. The Bertz CT molecular complexity index is 659. The minimum atomic E-state index is -0.654. The van der Waals surface area contributed by atoms with Gasteiger partial charge in [-0.25, -0.2) is 9.59 Å². The smallest absolute Gasteiger partial charge is 0.341 e. The summed E-state index contributed by atoms with van der Waals surface area (Å²) in [6.45, 7) is 0. The summed E-state index contributed by atoms with van der Waals surface area (Å²) in [5.74, 6) is -0.931. The van der Waals surface area contributed by atoms with Gasteiger partial charge in [0.05, 0.1) is 19.0 Å². The first-order valence-electron chi connectivity index (χ1n) is 5.99. The van der Waals surface area contributed by atoms with Crippen molar-refractivity contribution in [3.8, 4) is 5.75 Å². The third-order valence-electron chi connectivity index (χ3n) is 2.58. The molecule has 2 aromatic rings. The van der Waals surface area contributed by atoms with Crippen molar-refractivity contribution in [2.24, 2.45) is 0 Å². The molecule has 0 fully saturated rings. The number of phenolic OH excluding ortho intramolecular Hbond substituents is 1. The van der Waals surface area contributed by atoms with E-state index in [1.54, 1.807) is 18.3 Å². The summed E-state index contributed by atoms with van der Waals surface area (Å²) in [7, 11) is 1.22. The molecule has 3 N–H and O–H groups in total. The summed E-state index contributed by atoms with van der Waals surface area (Å²) < 4.78 is 4.51. The number of pyridine rings is 1. The van der Waals surface area contributed by atoms with Gasteiger partial charge in [0, 0.05) is 18.0 Å². The van der Waals surface area contributed by atoms with Gasteiger partial charge in [0.1, 0.15) is 11.3 Å². The van der Waals surface area contributed by atoms with Crippen molar-refractivity contribution < 1.29 is 19.4 Å². The lowest BCUT2D eigenvalue weighted by Crippen LogP contribution is -2.19. The molecule has 21 heavy (non-hydrogen) atoms. The van der Waals surface area contributed by atoms with E-state index in [-0.39, 0.29) is 11.3 Å². The Balaban J connectivity index is 2.05. The van der Waals surface area contributed by atoms with Crippen LogP contribution in [0.25, 0.3) is 0 Å². The van der Waals surface area contributed by atoms with E-state index in [9.17, 15) is 14.7 Å². The zero-order valence-corrected chi connectivity index (χ0v) is 11.2. The molecule has 7 nitrogen and oxygen atoms in total. The number of rotatable bonds is 3. The van der Waals surface area contributed by atoms with Crippen molar-refractivity contribution in [3.63, 3.8) is 0 Å². The van der Waals surface area contributed by atoms with Gasteiger partial charge < -0.3 is 20.5 Å². The third kappa shape index (κ3) is 3.69. The minimum Gasteiger partial charge on any atom is -0.507 e. The predicted octanol–water partition coefficient (Wildman–Crippen LogP) is 2.22. The Morgan fingerprint density at radius 3 is 2.57 bits per heavy atom. The second kappa shape index (κ2) is 6.38. The topological polar surface area (TPSA) is 101 Å². The number of urea groups is 1. The van der Waals surface area contributed by atoms with E-state index in [0.717, 1.165) is 0 Å². The van der Waals surface area contributed by atoms with Crippen LogP contribution in [0.3, 0.4) is 0 Å². The number of phenols is 1. The van der Waals surface area contributed by atoms with Gasteiger partial charge in [-0.2, -0.15) is 0 Å². The second-order valence-corrected chi connectivity index (χ2v) is 4.04. The van der Waals surface area contributed by atoms with Crippen molar-refractivity contribution in [2.75, 3.05) is 17.7 Å². The molecule has 0 aliphatic rings. The van der Waals surface area contributed by atoms with Gasteiger partial charge in [0.25, 0.3) is 0 Å². The van der Waals surface area contributed by atoms with Crippen LogP contribution in [0.5, 0.6) is 5.75 Å². The predicted molar refractivity (Wildman–Crippen MR) is 76.3 cm³/mol. The SMILES string of the molecule is COC(=O)c1ccc(NC(=O)Nc2cccnc2)cc1O. The van der Waals surface area contributed by atoms with Gasteiger partial charge in [0.2, 0.25) is 0 Å². The summed E-state index contributed by atoms with van der Waals surface area (Å²) in [5.41, 5.74) is 0.891. The van der Waals surface area contributed by atoms with Gasteiger partial charge in [-0.3, -0.25) is 4.98 Å². The monoisotopic (exact) mass is 287 g/mol. The molecule has 0 aliphatic carbocycles. The molecule has 1 heterocycles. The van der Waals surface area contributed by atoms with Crippen LogP contribution in [0.1, 0.15) is 10.4 Å². The maximum absolute atomic E-state index is 11.7. The second-order valence-electron chi connectivity index (χ2n) is 4.04. The van der Waals surface area contributed by atoms with E-state index >= 15 is 0 Å². The molecule has 108 valence electrons. The van der Waals surface area contributed by atoms with Gasteiger partial charge in [0.15, 0.2) is 0 Å².